The molecule has 0 amide bonds. The molecule has 0 fully saturated rings. The van der Waals surface area contributed by atoms with Crippen LogP contribution in [0.3, 0.4) is 0 Å². The van der Waals surface area contributed by atoms with Gasteiger partial charge in [-0.1, -0.05) is 0 Å². The van der Waals surface area contributed by atoms with E-state index in [0.29, 0.717) is 15.7 Å². The number of ether oxygens (including phenoxy) is 1. The Bertz CT molecular complexity index is 398. The fourth-order valence-corrected chi connectivity index (χ4v) is 1.10. The lowest BCUT2D eigenvalue weighted by Crippen LogP contribution is -2.05. The number of nitriles is 1. The molecule has 1 aromatic rings. The van der Waals surface area contributed by atoms with Crippen LogP contribution >= 0.6 is 15.9 Å². The average Bonchev–Trinajstić information content (AvgIpc) is 2.18. The molecular formula is C9H7BrN2O2. The molecule has 0 bridgehead atoms. The van der Waals surface area contributed by atoms with E-state index in [1.54, 1.807) is 18.2 Å². The smallest absolute Gasteiger partial charge is 0.339 e. The molecule has 1 rings (SSSR count). The van der Waals surface area contributed by atoms with Crippen LogP contribution in [-0.4, -0.2) is 12.6 Å². The molecule has 4 nitrogen and oxygen atoms in total. The minimum atomic E-state index is -0.550. The predicted molar refractivity (Wildman–Crippen MR) is 54.4 cm³/mol. The first-order valence-electron chi connectivity index (χ1n) is 3.74. The highest BCUT2D eigenvalue weighted by molar-refractivity contribution is 9.10. The van der Waals surface area contributed by atoms with Crippen molar-refractivity contribution in [3.8, 4) is 6.07 Å². The van der Waals surface area contributed by atoms with E-state index in [2.05, 4.69) is 20.7 Å². The summed E-state index contributed by atoms with van der Waals surface area (Å²) in [5.41, 5.74) is 6.36. The summed E-state index contributed by atoms with van der Waals surface area (Å²) >= 11 is 3.20. The summed E-state index contributed by atoms with van der Waals surface area (Å²) in [7, 11) is 0. The largest absolute Gasteiger partial charge is 0.447 e. The van der Waals surface area contributed by atoms with E-state index in [1.165, 1.54) is 6.07 Å². The summed E-state index contributed by atoms with van der Waals surface area (Å²) < 4.78 is 5.32. The second kappa shape index (κ2) is 4.63. The third kappa shape index (κ3) is 2.47. The van der Waals surface area contributed by atoms with Crippen molar-refractivity contribution in [2.45, 2.75) is 0 Å². The molecule has 0 atom stereocenters. The SMILES string of the molecule is N#CCOC(=O)c1ccc(Br)c(N)c1. The van der Waals surface area contributed by atoms with Crippen LogP contribution in [0.4, 0.5) is 5.69 Å². The Morgan fingerprint density at radius 1 is 1.64 bits per heavy atom. The number of anilines is 1. The fourth-order valence-electron chi connectivity index (χ4n) is 0.852. The van der Waals surface area contributed by atoms with Crippen LogP contribution in [-0.2, 0) is 4.74 Å². The molecule has 0 aliphatic carbocycles. The minimum Gasteiger partial charge on any atom is -0.447 e. The number of nitrogens with zero attached hydrogens (tertiary/aromatic N) is 1. The number of halogens is 1. The van der Waals surface area contributed by atoms with Crippen LogP contribution < -0.4 is 5.73 Å². The van der Waals surface area contributed by atoms with Crippen LogP contribution in [0.5, 0.6) is 0 Å². The van der Waals surface area contributed by atoms with E-state index in [9.17, 15) is 4.79 Å². The molecule has 0 aliphatic heterocycles. The van der Waals surface area contributed by atoms with Crippen molar-refractivity contribution in [2.24, 2.45) is 0 Å². The normalized spacial score (nSPS) is 9.14. The number of rotatable bonds is 2. The van der Waals surface area contributed by atoms with E-state index in [-0.39, 0.29) is 6.61 Å². The highest BCUT2D eigenvalue weighted by Gasteiger charge is 2.07. The molecule has 72 valence electrons. The third-order valence-electron chi connectivity index (χ3n) is 1.50. The van der Waals surface area contributed by atoms with Gasteiger partial charge in [0.25, 0.3) is 0 Å². The average molecular weight is 255 g/mol. The van der Waals surface area contributed by atoms with E-state index in [1.807, 2.05) is 0 Å². The number of nitrogens with two attached hydrogens (primary N) is 1. The maximum absolute atomic E-state index is 11.2. The van der Waals surface area contributed by atoms with Gasteiger partial charge in [0.05, 0.1) is 5.56 Å². The lowest BCUT2D eigenvalue weighted by molar-refractivity contribution is 0.0555. The number of benzene rings is 1. The van der Waals surface area contributed by atoms with Crippen molar-refractivity contribution >= 4 is 27.6 Å². The number of nitrogen functional groups attached to an aromatic ring is 1. The molecule has 0 heterocycles. The van der Waals surface area contributed by atoms with Gasteiger partial charge < -0.3 is 10.5 Å². The zero-order valence-electron chi connectivity index (χ0n) is 7.16. The van der Waals surface area contributed by atoms with E-state index in [0.717, 1.165) is 0 Å². The predicted octanol–water partition coefficient (Wildman–Crippen LogP) is 1.71. The molecule has 0 saturated heterocycles. The Labute approximate surface area is 89.4 Å². The van der Waals surface area contributed by atoms with E-state index >= 15 is 0 Å². The molecule has 5 heteroatoms. The molecule has 14 heavy (non-hydrogen) atoms. The molecule has 0 radical (unpaired) electrons. The fraction of sp³-hybridized carbons (Fsp3) is 0.111. The highest BCUT2D eigenvalue weighted by atomic mass is 79.9. The van der Waals surface area contributed by atoms with Crippen molar-refractivity contribution in [3.05, 3.63) is 28.2 Å². The Morgan fingerprint density at radius 2 is 2.36 bits per heavy atom. The van der Waals surface area contributed by atoms with Crippen LogP contribution in [0.15, 0.2) is 22.7 Å². The van der Waals surface area contributed by atoms with Gasteiger partial charge in [0.15, 0.2) is 6.61 Å². The van der Waals surface area contributed by atoms with Crippen molar-refractivity contribution in [2.75, 3.05) is 12.3 Å². The summed E-state index contributed by atoms with van der Waals surface area (Å²) in [5.74, 6) is -0.550. The van der Waals surface area contributed by atoms with Gasteiger partial charge in [-0.15, -0.1) is 0 Å². The molecule has 0 aromatic heterocycles. The zero-order chi connectivity index (χ0) is 10.6. The lowest BCUT2D eigenvalue weighted by atomic mass is 10.2. The van der Waals surface area contributed by atoms with Gasteiger partial charge in [-0.05, 0) is 34.1 Å². The van der Waals surface area contributed by atoms with Crippen molar-refractivity contribution < 1.29 is 9.53 Å². The molecule has 0 saturated carbocycles. The number of esters is 1. The summed E-state index contributed by atoms with van der Waals surface area (Å²) in [6.07, 6.45) is 0. The second-order valence-corrected chi connectivity index (χ2v) is 3.32. The van der Waals surface area contributed by atoms with Gasteiger partial charge in [-0.25, -0.2) is 4.79 Å². The summed E-state index contributed by atoms with van der Waals surface area (Å²) in [6.45, 7) is -0.255. The first-order valence-corrected chi connectivity index (χ1v) is 4.53. The molecule has 0 spiro atoms. The van der Waals surface area contributed by atoms with E-state index in [4.69, 9.17) is 11.0 Å². The van der Waals surface area contributed by atoms with Crippen LogP contribution in [0.25, 0.3) is 0 Å². The molecule has 1 aromatic carbocycles. The Balaban J connectivity index is 2.82. The first kappa shape index (κ1) is 10.5. The van der Waals surface area contributed by atoms with Gasteiger partial charge in [0.1, 0.15) is 6.07 Å². The topological polar surface area (TPSA) is 76.1 Å². The van der Waals surface area contributed by atoms with Gasteiger partial charge in [-0.3, -0.25) is 0 Å². The Hall–Kier alpha value is -1.54. The highest BCUT2D eigenvalue weighted by Crippen LogP contribution is 2.20. The quantitative estimate of drug-likeness (QED) is 0.644. The van der Waals surface area contributed by atoms with Crippen molar-refractivity contribution in [3.63, 3.8) is 0 Å². The minimum absolute atomic E-state index is 0.255. The van der Waals surface area contributed by atoms with Crippen LogP contribution in [0.2, 0.25) is 0 Å². The standard InChI is InChI=1S/C9H7BrN2O2/c10-7-2-1-6(5-8(7)12)9(13)14-4-3-11/h1-2,5H,4,12H2. The maximum atomic E-state index is 11.2. The van der Waals surface area contributed by atoms with Crippen LogP contribution in [0, 0.1) is 11.3 Å². The van der Waals surface area contributed by atoms with Gasteiger partial charge in [0.2, 0.25) is 0 Å². The first-order chi connectivity index (χ1) is 6.65. The van der Waals surface area contributed by atoms with Gasteiger partial charge in [-0.2, -0.15) is 5.26 Å². The molecular weight excluding hydrogens is 248 g/mol. The summed E-state index contributed by atoms with van der Waals surface area (Å²) in [4.78, 5) is 11.2. The number of carbonyl (C=O) groups excluding carboxylic acids is 1. The third-order valence-corrected chi connectivity index (χ3v) is 2.22. The summed E-state index contributed by atoms with van der Waals surface area (Å²) in [6, 6.07) is 6.42. The Morgan fingerprint density at radius 3 is 2.93 bits per heavy atom. The van der Waals surface area contributed by atoms with Crippen molar-refractivity contribution in [1.82, 2.24) is 0 Å². The monoisotopic (exact) mass is 254 g/mol. The number of hydrogen-bond donors (Lipinski definition) is 1. The van der Waals surface area contributed by atoms with Crippen LogP contribution in [0.1, 0.15) is 10.4 Å². The Kier molecular flexibility index (Phi) is 3.48. The van der Waals surface area contributed by atoms with E-state index < -0.39 is 5.97 Å². The number of carbonyl (C=O) groups is 1. The molecule has 0 unspecified atom stereocenters. The second-order valence-electron chi connectivity index (χ2n) is 2.47. The molecule has 0 aliphatic rings. The lowest BCUT2D eigenvalue weighted by Gasteiger charge is -2.02. The zero-order valence-corrected chi connectivity index (χ0v) is 8.74. The number of hydrogen-bond acceptors (Lipinski definition) is 4. The maximum Gasteiger partial charge on any atom is 0.339 e. The summed E-state index contributed by atoms with van der Waals surface area (Å²) in [5, 5.41) is 8.20. The van der Waals surface area contributed by atoms with Gasteiger partial charge in [0, 0.05) is 10.2 Å². The van der Waals surface area contributed by atoms with Crippen molar-refractivity contribution in [1.29, 1.82) is 5.26 Å². The van der Waals surface area contributed by atoms with Gasteiger partial charge >= 0.3 is 5.97 Å². The molecule has 2 N–H and O–H groups in total.